The van der Waals surface area contributed by atoms with E-state index in [4.69, 9.17) is 0 Å². The molecule has 1 saturated heterocycles. The van der Waals surface area contributed by atoms with E-state index in [1.807, 2.05) is 0 Å². The molecule has 10 nitrogen and oxygen atoms in total. The lowest BCUT2D eigenvalue weighted by Gasteiger charge is -2.15. The minimum absolute atomic E-state index is 0.0645. The normalized spacial score (nSPS) is 22.5. The van der Waals surface area contributed by atoms with Gasteiger partial charge >= 0.3 is 5.97 Å². The number of anilines is 1. The molecule has 2 heterocycles. The molecule has 0 bridgehead atoms. The van der Waals surface area contributed by atoms with Crippen LogP contribution in [0.1, 0.15) is 0 Å². The van der Waals surface area contributed by atoms with E-state index >= 15 is 0 Å². The number of benzene rings is 1. The monoisotopic (exact) mass is 318 g/mol. The highest BCUT2D eigenvalue weighted by Crippen LogP contribution is 2.32. The molecule has 1 fully saturated rings. The Kier molecular flexibility index (Phi) is 3.28. The largest absolute Gasteiger partial charge is 0.464 e. The van der Waals surface area contributed by atoms with E-state index in [1.165, 1.54) is 18.2 Å². The molecule has 1 aromatic rings. The molecule has 0 radical (unpaired) electrons. The number of methoxy groups -OCH3 is 1. The number of ether oxygens (including phenoxy) is 1. The first-order chi connectivity index (χ1) is 11.0. The van der Waals surface area contributed by atoms with E-state index in [1.54, 1.807) is 0 Å². The Bertz CT molecular complexity index is 773. The molecule has 118 valence electrons. The smallest absolute Gasteiger partial charge is 0.355 e. The van der Waals surface area contributed by atoms with E-state index in [0.29, 0.717) is 0 Å². The summed E-state index contributed by atoms with van der Waals surface area (Å²) < 4.78 is 4.54. The van der Waals surface area contributed by atoms with Crippen LogP contribution in [0.3, 0.4) is 0 Å². The average Bonchev–Trinajstić information content (AvgIpc) is 3.08. The van der Waals surface area contributed by atoms with Crippen LogP contribution < -0.4 is 10.3 Å². The molecule has 2 atom stereocenters. The number of hydrogen-bond acceptors (Lipinski definition) is 8. The summed E-state index contributed by atoms with van der Waals surface area (Å²) in [5.74, 6) is -3.24. The molecule has 0 aromatic heterocycles. The molecule has 1 aromatic carbocycles. The Labute approximate surface area is 128 Å². The van der Waals surface area contributed by atoms with Crippen molar-refractivity contribution in [2.45, 2.75) is 6.04 Å². The first kappa shape index (κ1) is 14.6. The number of nitro groups is 1. The predicted molar refractivity (Wildman–Crippen MR) is 75.5 cm³/mol. The Morgan fingerprint density at radius 3 is 2.78 bits per heavy atom. The Hall–Kier alpha value is -3.30. The van der Waals surface area contributed by atoms with Crippen molar-refractivity contribution in [2.24, 2.45) is 11.0 Å². The van der Waals surface area contributed by atoms with Crippen LogP contribution in [0.25, 0.3) is 0 Å². The fraction of sp³-hybridized carbons (Fsp3) is 0.231. The van der Waals surface area contributed by atoms with E-state index in [0.717, 1.165) is 18.1 Å². The average molecular weight is 318 g/mol. The SMILES string of the molecule is COC(=O)C1=NNC2C(=O)N(c3cccc([N+](=O)[O-])c3)C(=O)C12. The number of imide groups is 1. The van der Waals surface area contributed by atoms with Crippen LogP contribution in [0.4, 0.5) is 11.4 Å². The third kappa shape index (κ3) is 2.11. The summed E-state index contributed by atoms with van der Waals surface area (Å²) in [5, 5.41) is 14.5. The molecule has 2 amide bonds. The van der Waals surface area contributed by atoms with Crippen molar-refractivity contribution >= 4 is 34.9 Å². The number of nitrogens with zero attached hydrogens (tertiary/aromatic N) is 3. The number of amides is 2. The number of hydrazone groups is 1. The van der Waals surface area contributed by atoms with E-state index < -0.39 is 34.7 Å². The summed E-state index contributed by atoms with van der Waals surface area (Å²) in [6, 6.07) is 4.11. The van der Waals surface area contributed by atoms with Crippen LogP contribution in [0.2, 0.25) is 0 Å². The zero-order valence-electron chi connectivity index (χ0n) is 11.8. The van der Waals surface area contributed by atoms with Gasteiger partial charge in [0.1, 0.15) is 12.0 Å². The lowest BCUT2D eigenvalue weighted by atomic mass is 9.99. The Morgan fingerprint density at radius 1 is 1.39 bits per heavy atom. The topological polar surface area (TPSA) is 131 Å². The molecule has 2 aliphatic heterocycles. The van der Waals surface area contributed by atoms with Gasteiger partial charge < -0.3 is 4.74 Å². The number of carbonyl (C=O) groups is 3. The molecule has 3 rings (SSSR count). The van der Waals surface area contributed by atoms with Gasteiger partial charge in [0.15, 0.2) is 5.71 Å². The van der Waals surface area contributed by atoms with E-state index in [2.05, 4.69) is 15.3 Å². The fourth-order valence-corrected chi connectivity index (χ4v) is 2.56. The molecule has 0 saturated carbocycles. The summed E-state index contributed by atoms with van der Waals surface area (Å²) in [6.45, 7) is 0. The van der Waals surface area contributed by atoms with Crippen molar-refractivity contribution in [3.63, 3.8) is 0 Å². The molecule has 23 heavy (non-hydrogen) atoms. The molecular formula is C13H10N4O6. The number of nitrogens with one attached hydrogen (secondary N) is 1. The maximum absolute atomic E-state index is 12.5. The summed E-state index contributed by atoms with van der Waals surface area (Å²) in [6.07, 6.45) is 0. The van der Waals surface area contributed by atoms with Crippen molar-refractivity contribution in [1.82, 2.24) is 5.43 Å². The third-order valence-electron chi connectivity index (χ3n) is 3.62. The van der Waals surface area contributed by atoms with Crippen LogP contribution in [-0.4, -0.2) is 41.6 Å². The first-order valence-electron chi connectivity index (χ1n) is 6.49. The lowest BCUT2D eigenvalue weighted by Crippen LogP contribution is -2.36. The van der Waals surface area contributed by atoms with Gasteiger partial charge in [-0.25, -0.2) is 9.69 Å². The number of fused-ring (bicyclic) bond motifs is 1. The van der Waals surface area contributed by atoms with Crippen LogP contribution in [0, 0.1) is 16.0 Å². The maximum atomic E-state index is 12.5. The van der Waals surface area contributed by atoms with Gasteiger partial charge in [-0.15, -0.1) is 0 Å². The van der Waals surface area contributed by atoms with E-state index in [9.17, 15) is 24.5 Å². The van der Waals surface area contributed by atoms with Crippen molar-refractivity contribution in [3.8, 4) is 0 Å². The summed E-state index contributed by atoms with van der Waals surface area (Å²) in [4.78, 5) is 47.5. The highest BCUT2D eigenvalue weighted by Gasteiger charge is 2.55. The third-order valence-corrected chi connectivity index (χ3v) is 3.62. The fourth-order valence-electron chi connectivity index (χ4n) is 2.56. The highest BCUT2D eigenvalue weighted by molar-refractivity contribution is 6.46. The lowest BCUT2D eigenvalue weighted by molar-refractivity contribution is -0.384. The van der Waals surface area contributed by atoms with Gasteiger partial charge in [-0.3, -0.25) is 25.1 Å². The summed E-state index contributed by atoms with van der Waals surface area (Å²) in [5.41, 5.74) is 2.06. The second-order valence-corrected chi connectivity index (χ2v) is 4.86. The summed E-state index contributed by atoms with van der Waals surface area (Å²) >= 11 is 0. The molecule has 1 N–H and O–H groups in total. The van der Waals surface area contributed by atoms with Gasteiger partial charge in [-0.05, 0) is 6.07 Å². The zero-order valence-corrected chi connectivity index (χ0v) is 11.8. The number of nitro benzene ring substituents is 1. The minimum atomic E-state index is -1.10. The molecule has 0 aliphatic carbocycles. The molecule has 10 heteroatoms. The van der Waals surface area contributed by atoms with Gasteiger partial charge in [0.05, 0.1) is 17.7 Å². The highest BCUT2D eigenvalue weighted by atomic mass is 16.6. The molecular weight excluding hydrogens is 308 g/mol. The van der Waals surface area contributed by atoms with Crippen LogP contribution in [-0.2, 0) is 19.1 Å². The van der Waals surface area contributed by atoms with Gasteiger partial charge in [0.25, 0.3) is 11.6 Å². The zero-order chi connectivity index (χ0) is 16.7. The quantitative estimate of drug-likeness (QED) is 0.346. The standard InChI is InChI=1S/C13H10N4O6/c1-23-13(20)10-8-9(14-15-10)12(19)16(11(8)18)6-3-2-4-7(5-6)17(21)22/h2-5,8-9,14H,1H3. The van der Waals surface area contributed by atoms with Crippen molar-refractivity contribution in [1.29, 1.82) is 0 Å². The Balaban J connectivity index is 1.98. The van der Waals surface area contributed by atoms with Crippen molar-refractivity contribution < 1.29 is 24.0 Å². The van der Waals surface area contributed by atoms with Crippen LogP contribution in [0.15, 0.2) is 29.4 Å². The number of carbonyl (C=O) groups excluding carboxylic acids is 3. The molecule has 2 aliphatic rings. The number of esters is 1. The Morgan fingerprint density at radius 2 is 2.13 bits per heavy atom. The van der Waals surface area contributed by atoms with Gasteiger partial charge in [0, 0.05) is 12.1 Å². The number of hydrogen-bond donors (Lipinski definition) is 1. The van der Waals surface area contributed by atoms with Crippen molar-refractivity contribution in [2.75, 3.05) is 12.0 Å². The second kappa shape index (κ2) is 5.16. The van der Waals surface area contributed by atoms with Crippen LogP contribution >= 0.6 is 0 Å². The first-order valence-corrected chi connectivity index (χ1v) is 6.49. The summed E-state index contributed by atoms with van der Waals surface area (Å²) in [7, 11) is 1.14. The number of non-ortho nitro benzene ring substituents is 1. The second-order valence-electron chi connectivity index (χ2n) is 4.86. The number of rotatable bonds is 3. The van der Waals surface area contributed by atoms with Crippen LogP contribution in [0.5, 0.6) is 0 Å². The predicted octanol–water partition coefficient (Wildman–Crippen LogP) is -0.415. The molecule has 2 unspecified atom stereocenters. The van der Waals surface area contributed by atoms with Gasteiger partial charge in [-0.2, -0.15) is 5.10 Å². The van der Waals surface area contributed by atoms with Gasteiger partial charge in [0.2, 0.25) is 5.91 Å². The van der Waals surface area contributed by atoms with Gasteiger partial charge in [-0.1, -0.05) is 6.07 Å². The minimum Gasteiger partial charge on any atom is -0.464 e. The molecule has 0 spiro atoms. The van der Waals surface area contributed by atoms with Crippen molar-refractivity contribution in [3.05, 3.63) is 34.4 Å². The van der Waals surface area contributed by atoms with E-state index in [-0.39, 0.29) is 17.1 Å². The maximum Gasteiger partial charge on any atom is 0.355 e.